The molecule has 148 valence electrons. The lowest BCUT2D eigenvalue weighted by atomic mass is 10.1. The van der Waals surface area contributed by atoms with Crippen LogP contribution >= 0.6 is 12.4 Å². The summed E-state index contributed by atoms with van der Waals surface area (Å²) in [6.45, 7) is 8.43. The van der Waals surface area contributed by atoms with Crippen LogP contribution in [0.15, 0.2) is 0 Å². The van der Waals surface area contributed by atoms with Crippen molar-refractivity contribution in [2.45, 2.75) is 64.5 Å². The molecule has 26 heavy (non-hydrogen) atoms. The van der Waals surface area contributed by atoms with Crippen molar-refractivity contribution in [2.24, 2.45) is 0 Å². The van der Waals surface area contributed by atoms with Crippen molar-refractivity contribution >= 4 is 18.3 Å². The van der Waals surface area contributed by atoms with Gasteiger partial charge in [0.05, 0.1) is 17.8 Å². The molecule has 3 heterocycles. The lowest BCUT2D eigenvalue weighted by Gasteiger charge is -2.24. The Hall–Kier alpha value is -1.18. The number of piperidine rings is 1. The highest BCUT2D eigenvalue weighted by atomic mass is 35.5. The Morgan fingerprint density at radius 3 is 2.73 bits per heavy atom. The maximum atomic E-state index is 12.9. The van der Waals surface area contributed by atoms with Crippen molar-refractivity contribution in [2.75, 3.05) is 32.8 Å². The van der Waals surface area contributed by atoms with Crippen LogP contribution in [0.4, 0.5) is 0 Å². The van der Waals surface area contributed by atoms with Gasteiger partial charge in [0, 0.05) is 19.7 Å². The molecular weight excluding hydrogens is 354 g/mol. The van der Waals surface area contributed by atoms with Crippen molar-refractivity contribution in [1.82, 2.24) is 25.2 Å². The lowest BCUT2D eigenvalue weighted by Crippen LogP contribution is -2.33. The zero-order chi connectivity index (χ0) is 17.6. The molecule has 2 aliphatic heterocycles. The van der Waals surface area contributed by atoms with Gasteiger partial charge in [-0.15, -0.1) is 17.5 Å². The monoisotopic (exact) mass is 385 g/mol. The van der Waals surface area contributed by atoms with Crippen LogP contribution in [0.25, 0.3) is 0 Å². The van der Waals surface area contributed by atoms with Crippen LogP contribution in [0.3, 0.4) is 0 Å². The van der Waals surface area contributed by atoms with Gasteiger partial charge in [-0.05, 0) is 58.5 Å². The number of hydrogen-bond donors (Lipinski definition) is 1. The molecule has 0 saturated carbocycles. The largest absolute Gasteiger partial charge is 0.378 e. The van der Waals surface area contributed by atoms with Crippen molar-refractivity contribution in [3.05, 3.63) is 11.4 Å². The summed E-state index contributed by atoms with van der Waals surface area (Å²) in [7, 11) is 0. The van der Waals surface area contributed by atoms with E-state index in [0.717, 1.165) is 77.0 Å². The molecule has 1 amide bonds. The Kier molecular flexibility index (Phi) is 8.31. The third-order valence-electron chi connectivity index (χ3n) is 5.30. The van der Waals surface area contributed by atoms with Crippen LogP contribution in [0.1, 0.15) is 67.7 Å². The maximum absolute atomic E-state index is 12.9. The Bertz CT molecular complexity index is 574. The van der Waals surface area contributed by atoms with E-state index in [1.54, 1.807) is 0 Å². The summed E-state index contributed by atoms with van der Waals surface area (Å²) in [6, 6.07) is 0.353. The molecule has 2 aliphatic rings. The molecule has 1 N–H and O–H groups in total. The standard InChI is InChI=1S/C18H31N5O2.ClH/c1-3-13-25-16-5-4-11-22(12-8-16)18(24)17-14(2)23(21-20-17)15-6-9-19-10-7-15;/h15-16,19H,3-13H2,1-2H3;1H. The van der Waals surface area contributed by atoms with Gasteiger partial charge >= 0.3 is 0 Å². The van der Waals surface area contributed by atoms with Gasteiger partial charge in [-0.3, -0.25) is 4.79 Å². The molecule has 1 aromatic rings. The number of ether oxygens (including phenoxy) is 1. The molecule has 3 rings (SSSR count). The van der Waals surface area contributed by atoms with E-state index in [9.17, 15) is 4.79 Å². The van der Waals surface area contributed by atoms with Crippen molar-refractivity contribution < 1.29 is 9.53 Å². The number of nitrogens with zero attached hydrogens (tertiary/aromatic N) is 4. The van der Waals surface area contributed by atoms with Gasteiger partial charge in [-0.1, -0.05) is 12.1 Å². The van der Waals surface area contributed by atoms with Gasteiger partial charge in [0.25, 0.3) is 5.91 Å². The second-order valence-electron chi connectivity index (χ2n) is 7.17. The molecule has 2 fully saturated rings. The molecule has 0 bridgehead atoms. The molecule has 1 unspecified atom stereocenters. The lowest BCUT2D eigenvalue weighted by molar-refractivity contribution is 0.0432. The van der Waals surface area contributed by atoms with Crippen LogP contribution in [0, 0.1) is 6.92 Å². The molecule has 8 heteroatoms. The predicted octanol–water partition coefficient (Wildman–Crippen LogP) is 2.35. The number of nitrogens with one attached hydrogen (secondary N) is 1. The minimum Gasteiger partial charge on any atom is -0.378 e. The molecule has 2 saturated heterocycles. The summed E-state index contributed by atoms with van der Waals surface area (Å²) >= 11 is 0. The van der Waals surface area contributed by atoms with Crippen molar-refractivity contribution in [1.29, 1.82) is 0 Å². The fraction of sp³-hybridized carbons (Fsp3) is 0.833. The van der Waals surface area contributed by atoms with Crippen LogP contribution in [0.5, 0.6) is 0 Å². The summed E-state index contributed by atoms with van der Waals surface area (Å²) in [6.07, 6.45) is 6.33. The Morgan fingerprint density at radius 2 is 2.00 bits per heavy atom. The molecule has 1 aromatic heterocycles. The average Bonchev–Trinajstić information content (AvgIpc) is 2.87. The molecule has 0 aliphatic carbocycles. The average molecular weight is 386 g/mol. The number of carbonyl (C=O) groups is 1. The van der Waals surface area contributed by atoms with Crippen LogP contribution in [-0.2, 0) is 4.74 Å². The van der Waals surface area contributed by atoms with Gasteiger partial charge in [0.15, 0.2) is 5.69 Å². The van der Waals surface area contributed by atoms with E-state index in [-0.39, 0.29) is 24.4 Å². The van der Waals surface area contributed by atoms with E-state index >= 15 is 0 Å². The SMILES string of the molecule is CCCOC1CCCN(C(=O)c2nnn(C3CCNCC3)c2C)CC1.Cl. The number of hydrogen-bond acceptors (Lipinski definition) is 5. The summed E-state index contributed by atoms with van der Waals surface area (Å²) in [4.78, 5) is 14.9. The smallest absolute Gasteiger partial charge is 0.276 e. The van der Waals surface area contributed by atoms with Crippen LogP contribution < -0.4 is 5.32 Å². The third-order valence-corrected chi connectivity index (χ3v) is 5.30. The minimum atomic E-state index is 0. The Balaban J connectivity index is 0.00000243. The Morgan fingerprint density at radius 1 is 1.23 bits per heavy atom. The normalized spacial score (nSPS) is 21.9. The molecule has 0 aromatic carbocycles. The van der Waals surface area contributed by atoms with E-state index in [1.165, 1.54) is 0 Å². The van der Waals surface area contributed by atoms with Crippen LogP contribution in [-0.4, -0.2) is 64.7 Å². The zero-order valence-corrected chi connectivity index (χ0v) is 16.8. The first-order valence-electron chi connectivity index (χ1n) is 9.74. The molecule has 0 radical (unpaired) electrons. The van der Waals surface area contributed by atoms with E-state index in [2.05, 4.69) is 22.6 Å². The number of rotatable bonds is 5. The minimum absolute atomic E-state index is 0. The van der Waals surface area contributed by atoms with Crippen molar-refractivity contribution in [3.8, 4) is 0 Å². The second kappa shape index (κ2) is 10.2. The fourth-order valence-electron chi connectivity index (χ4n) is 3.81. The molecule has 1 atom stereocenters. The third kappa shape index (κ3) is 4.96. The first-order chi connectivity index (χ1) is 12.2. The first kappa shape index (κ1) is 21.1. The summed E-state index contributed by atoms with van der Waals surface area (Å²) in [5.74, 6) is 0.0221. The summed E-state index contributed by atoms with van der Waals surface area (Å²) in [5, 5.41) is 11.9. The maximum Gasteiger partial charge on any atom is 0.276 e. The number of likely N-dealkylation sites (tertiary alicyclic amines) is 1. The number of halogens is 1. The van der Waals surface area contributed by atoms with E-state index in [4.69, 9.17) is 4.74 Å². The molecule has 0 spiro atoms. The number of aromatic nitrogens is 3. The van der Waals surface area contributed by atoms with Gasteiger partial charge in [-0.2, -0.15) is 0 Å². The van der Waals surface area contributed by atoms with Gasteiger partial charge < -0.3 is 15.0 Å². The topological polar surface area (TPSA) is 72.3 Å². The van der Waals surface area contributed by atoms with E-state index in [1.807, 2.05) is 16.5 Å². The van der Waals surface area contributed by atoms with Gasteiger partial charge in [0.2, 0.25) is 0 Å². The number of carbonyl (C=O) groups excluding carboxylic acids is 1. The highest BCUT2D eigenvalue weighted by molar-refractivity contribution is 5.93. The summed E-state index contributed by atoms with van der Waals surface area (Å²) < 4.78 is 7.83. The Labute approximate surface area is 162 Å². The fourth-order valence-corrected chi connectivity index (χ4v) is 3.81. The predicted molar refractivity (Wildman–Crippen MR) is 103 cm³/mol. The highest BCUT2D eigenvalue weighted by Crippen LogP contribution is 2.22. The number of amides is 1. The van der Waals surface area contributed by atoms with Gasteiger partial charge in [0.1, 0.15) is 0 Å². The van der Waals surface area contributed by atoms with E-state index < -0.39 is 0 Å². The summed E-state index contributed by atoms with van der Waals surface area (Å²) in [5.41, 5.74) is 1.42. The highest BCUT2D eigenvalue weighted by Gasteiger charge is 2.27. The van der Waals surface area contributed by atoms with Crippen LogP contribution in [0.2, 0.25) is 0 Å². The van der Waals surface area contributed by atoms with Gasteiger partial charge in [-0.25, -0.2) is 4.68 Å². The second-order valence-corrected chi connectivity index (χ2v) is 7.17. The quantitative estimate of drug-likeness (QED) is 0.842. The van der Waals surface area contributed by atoms with E-state index in [0.29, 0.717) is 11.7 Å². The molecule has 7 nitrogen and oxygen atoms in total. The van der Waals surface area contributed by atoms with Crippen molar-refractivity contribution in [3.63, 3.8) is 0 Å². The molecular formula is C18H32ClN5O2. The first-order valence-corrected chi connectivity index (χ1v) is 9.74. The zero-order valence-electron chi connectivity index (χ0n) is 15.9.